The summed E-state index contributed by atoms with van der Waals surface area (Å²) in [6, 6.07) is 0. The minimum atomic E-state index is -1.12. The molecule has 6 nitrogen and oxygen atoms in total. The zero-order chi connectivity index (χ0) is 20.8. The van der Waals surface area contributed by atoms with E-state index in [0.717, 1.165) is 5.57 Å². The van der Waals surface area contributed by atoms with Crippen LogP contribution in [0.15, 0.2) is 26.9 Å². The predicted octanol–water partition coefficient (Wildman–Crippen LogP) is 3.15. The maximum atomic E-state index is 12.2. The number of hydrogen-bond donors (Lipinski definition) is 2. The van der Waals surface area contributed by atoms with E-state index in [1.54, 1.807) is 53.0 Å². The Morgan fingerprint density at radius 1 is 1.30 bits per heavy atom. The number of rotatable bonds is 9. The first-order valence-corrected chi connectivity index (χ1v) is 9.01. The second-order valence-electron chi connectivity index (χ2n) is 7.14. The molecule has 2 N–H and O–H groups in total. The Kier molecular flexibility index (Phi) is 8.47. The summed E-state index contributed by atoms with van der Waals surface area (Å²) in [5.41, 5.74) is 0.534. The van der Waals surface area contributed by atoms with Crippen molar-refractivity contribution in [3.8, 4) is 5.95 Å². The van der Waals surface area contributed by atoms with Crippen LogP contribution >= 0.6 is 0 Å². The van der Waals surface area contributed by atoms with Crippen LogP contribution in [0.1, 0.15) is 50.5 Å². The van der Waals surface area contributed by atoms with Crippen molar-refractivity contribution in [1.29, 1.82) is 0 Å². The van der Waals surface area contributed by atoms with E-state index >= 15 is 0 Å². The quantitative estimate of drug-likeness (QED) is 0.640. The number of aliphatic hydroxyl groups excluding tert-OH is 1. The van der Waals surface area contributed by atoms with Gasteiger partial charge >= 0.3 is 0 Å². The number of hydrogen-bond acceptors (Lipinski definition) is 6. The van der Waals surface area contributed by atoms with Crippen LogP contribution in [0.25, 0.3) is 6.08 Å². The van der Waals surface area contributed by atoms with Gasteiger partial charge < -0.3 is 24.1 Å². The van der Waals surface area contributed by atoms with Crippen molar-refractivity contribution in [2.24, 2.45) is 0 Å². The van der Waals surface area contributed by atoms with Crippen LogP contribution < -0.4 is 10.2 Å². The molecule has 3 atom stereocenters. The molecule has 0 saturated heterocycles. The highest BCUT2D eigenvalue weighted by atomic mass is 16.6. The molecule has 1 heterocycles. The first-order valence-electron chi connectivity index (χ1n) is 9.01. The van der Waals surface area contributed by atoms with Gasteiger partial charge in [-0.25, -0.2) is 0 Å². The van der Waals surface area contributed by atoms with Crippen LogP contribution in [0.2, 0.25) is 0 Å². The molecular weight excluding hydrogens is 348 g/mol. The third-order valence-electron chi connectivity index (χ3n) is 4.55. The van der Waals surface area contributed by atoms with E-state index in [0.29, 0.717) is 29.7 Å². The summed E-state index contributed by atoms with van der Waals surface area (Å²) in [5, 5.41) is 20.1. The lowest BCUT2D eigenvalue weighted by Gasteiger charge is -2.23. The summed E-state index contributed by atoms with van der Waals surface area (Å²) in [6.45, 7) is 8.58. The van der Waals surface area contributed by atoms with Gasteiger partial charge in [-0.2, -0.15) is 0 Å². The molecule has 3 unspecified atom stereocenters. The fourth-order valence-electron chi connectivity index (χ4n) is 2.87. The lowest BCUT2D eigenvalue weighted by molar-refractivity contribution is 0.0651. The minimum absolute atomic E-state index is 0.143. The van der Waals surface area contributed by atoms with Gasteiger partial charge in [-0.05, 0) is 65.2 Å². The highest BCUT2D eigenvalue weighted by molar-refractivity contribution is 5.50. The maximum Gasteiger partial charge on any atom is 0.291 e. The smallest absolute Gasteiger partial charge is 0.291 e. The molecule has 152 valence electrons. The van der Waals surface area contributed by atoms with Gasteiger partial charge in [0, 0.05) is 12.7 Å². The second kappa shape index (κ2) is 9.88. The van der Waals surface area contributed by atoms with Gasteiger partial charge in [-0.1, -0.05) is 6.08 Å². The standard InChI is InChI=1S/C21H32O6/c1-13(12-14(2)22)17(25-6)8-10-21(5,24)11-9-18-15(3)19(23)16(4)20(26-7)27-18/h9,11-12,14,17,22,24H,8,10H2,1-7H3. The largest absolute Gasteiger partial charge is 0.468 e. The maximum absolute atomic E-state index is 12.2. The summed E-state index contributed by atoms with van der Waals surface area (Å²) >= 11 is 0. The fourth-order valence-corrected chi connectivity index (χ4v) is 2.87. The molecule has 0 aromatic carbocycles. The second-order valence-corrected chi connectivity index (χ2v) is 7.14. The van der Waals surface area contributed by atoms with Crippen molar-refractivity contribution in [1.82, 2.24) is 0 Å². The number of aliphatic hydroxyl groups is 2. The summed E-state index contributed by atoms with van der Waals surface area (Å²) in [5.74, 6) is 0.527. The topological polar surface area (TPSA) is 89.1 Å². The zero-order valence-corrected chi connectivity index (χ0v) is 17.3. The van der Waals surface area contributed by atoms with Crippen LogP contribution in [-0.2, 0) is 4.74 Å². The molecule has 0 fully saturated rings. The molecule has 6 heteroatoms. The van der Waals surface area contributed by atoms with Crippen LogP contribution in [0.4, 0.5) is 0 Å². The summed E-state index contributed by atoms with van der Waals surface area (Å²) in [7, 11) is 3.05. The molecule has 0 amide bonds. The van der Waals surface area contributed by atoms with Crippen LogP contribution in [0, 0.1) is 13.8 Å². The predicted molar refractivity (Wildman–Crippen MR) is 106 cm³/mol. The van der Waals surface area contributed by atoms with Crippen LogP contribution in [-0.4, -0.2) is 42.2 Å². The SMILES string of the molecule is COc1oc(C=CC(C)(O)CCC(OC)C(C)=CC(C)O)c(C)c(=O)c1C. The van der Waals surface area contributed by atoms with Crippen molar-refractivity contribution in [2.75, 3.05) is 14.2 Å². The minimum Gasteiger partial charge on any atom is -0.468 e. The van der Waals surface area contributed by atoms with E-state index in [2.05, 4.69) is 0 Å². The molecule has 0 spiro atoms. The van der Waals surface area contributed by atoms with Gasteiger partial charge in [0.2, 0.25) is 0 Å². The average molecular weight is 380 g/mol. The average Bonchev–Trinajstić information content (AvgIpc) is 2.59. The highest BCUT2D eigenvalue weighted by Gasteiger charge is 2.21. The molecule has 0 bridgehead atoms. The van der Waals surface area contributed by atoms with Crippen molar-refractivity contribution >= 4 is 6.08 Å². The first kappa shape index (κ1) is 23.1. The van der Waals surface area contributed by atoms with E-state index in [4.69, 9.17) is 13.9 Å². The first-order chi connectivity index (χ1) is 12.5. The van der Waals surface area contributed by atoms with E-state index in [9.17, 15) is 15.0 Å². The lowest BCUT2D eigenvalue weighted by Crippen LogP contribution is -2.25. The van der Waals surface area contributed by atoms with Gasteiger partial charge in [-0.15, -0.1) is 0 Å². The third-order valence-corrected chi connectivity index (χ3v) is 4.55. The van der Waals surface area contributed by atoms with Crippen molar-refractivity contribution in [3.63, 3.8) is 0 Å². The molecule has 1 aromatic heterocycles. The zero-order valence-electron chi connectivity index (χ0n) is 17.3. The molecule has 1 aromatic rings. The van der Waals surface area contributed by atoms with Crippen LogP contribution in [0.3, 0.4) is 0 Å². The Balaban J connectivity index is 2.94. The number of ether oxygens (including phenoxy) is 2. The summed E-state index contributed by atoms with van der Waals surface area (Å²) in [4.78, 5) is 12.2. The summed E-state index contributed by atoms with van der Waals surface area (Å²) < 4.78 is 16.2. The Morgan fingerprint density at radius 3 is 2.44 bits per heavy atom. The molecular formula is C21H32O6. The van der Waals surface area contributed by atoms with Gasteiger partial charge in [0.25, 0.3) is 5.95 Å². The van der Waals surface area contributed by atoms with E-state index in [1.807, 2.05) is 6.92 Å². The monoisotopic (exact) mass is 380 g/mol. The number of methoxy groups -OCH3 is 2. The molecule has 0 aliphatic carbocycles. The van der Waals surface area contributed by atoms with Gasteiger partial charge in [0.15, 0.2) is 5.43 Å². The molecule has 1 rings (SSSR count). The van der Waals surface area contributed by atoms with E-state index < -0.39 is 11.7 Å². The Bertz CT molecular complexity index is 740. The highest BCUT2D eigenvalue weighted by Crippen LogP contribution is 2.24. The Hall–Kier alpha value is -1.89. The Labute approximate surface area is 161 Å². The van der Waals surface area contributed by atoms with Crippen LogP contribution in [0.5, 0.6) is 5.95 Å². The van der Waals surface area contributed by atoms with Gasteiger partial charge in [0.05, 0.1) is 30.5 Å². The van der Waals surface area contributed by atoms with Gasteiger partial charge in [-0.3, -0.25) is 4.79 Å². The fraction of sp³-hybridized carbons (Fsp3) is 0.571. The van der Waals surface area contributed by atoms with Gasteiger partial charge in [0.1, 0.15) is 5.76 Å². The van der Waals surface area contributed by atoms with E-state index in [1.165, 1.54) is 7.11 Å². The summed E-state index contributed by atoms with van der Waals surface area (Å²) in [6.07, 6.45) is 5.19. The Morgan fingerprint density at radius 2 is 1.93 bits per heavy atom. The molecule has 0 aliphatic heterocycles. The van der Waals surface area contributed by atoms with Crippen molar-refractivity contribution < 1.29 is 24.1 Å². The van der Waals surface area contributed by atoms with E-state index in [-0.39, 0.29) is 17.5 Å². The molecule has 0 aliphatic rings. The molecule has 0 radical (unpaired) electrons. The lowest BCUT2D eigenvalue weighted by atomic mass is 9.94. The molecule has 0 saturated carbocycles. The van der Waals surface area contributed by atoms with Crippen molar-refractivity contribution in [3.05, 3.63) is 44.8 Å². The normalized spacial score (nSPS) is 17.0. The molecule has 27 heavy (non-hydrogen) atoms. The third kappa shape index (κ3) is 6.65. The van der Waals surface area contributed by atoms with Crippen molar-refractivity contribution in [2.45, 2.75) is 65.3 Å².